The minimum atomic E-state index is -0.362. The van der Waals surface area contributed by atoms with Gasteiger partial charge in [0.05, 0.1) is 11.6 Å². The molecule has 0 aliphatic heterocycles. The van der Waals surface area contributed by atoms with Gasteiger partial charge in [0.15, 0.2) is 5.82 Å². The Morgan fingerprint density at radius 3 is 2.85 bits per heavy atom. The molecule has 1 atom stereocenters. The Morgan fingerprint density at radius 2 is 2.38 bits per heavy atom. The first-order chi connectivity index (χ1) is 6.07. The zero-order valence-electron chi connectivity index (χ0n) is 7.46. The highest BCUT2D eigenvalue weighted by atomic mass is 16.1. The molecule has 0 fully saturated rings. The maximum Gasteiger partial charge on any atom is 0.163 e. The summed E-state index contributed by atoms with van der Waals surface area (Å²) in [5.74, 6) is -0.245. The standard InChI is InChI=1S/C8H10N4O/c1-4(5(2)13)7-6(3-9)8(10)12-11-7/h4H,1-2H3,(H3,10,11,12). The smallest absolute Gasteiger partial charge is 0.163 e. The molecule has 0 amide bonds. The highest BCUT2D eigenvalue weighted by molar-refractivity contribution is 5.83. The summed E-state index contributed by atoms with van der Waals surface area (Å²) in [5, 5.41) is 15.0. The van der Waals surface area contributed by atoms with Gasteiger partial charge in [0.2, 0.25) is 0 Å². The van der Waals surface area contributed by atoms with Gasteiger partial charge in [-0.3, -0.25) is 9.89 Å². The molecule has 0 spiro atoms. The van der Waals surface area contributed by atoms with Crippen LogP contribution in [-0.2, 0) is 4.79 Å². The number of nitrogens with one attached hydrogen (secondary N) is 1. The van der Waals surface area contributed by atoms with Crippen molar-refractivity contribution < 1.29 is 4.79 Å². The van der Waals surface area contributed by atoms with Crippen LogP contribution in [0.5, 0.6) is 0 Å². The Balaban J connectivity index is 3.16. The van der Waals surface area contributed by atoms with Crippen LogP contribution < -0.4 is 5.73 Å². The number of ketones is 1. The number of Topliss-reactive ketones (excluding diaryl/α,β-unsaturated/α-hetero) is 1. The third-order valence-electron chi connectivity index (χ3n) is 1.98. The molecule has 0 saturated carbocycles. The second-order valence-corrected chi connectivity index (χ2v) is 2.84. The van der Waals surface area contributed by atoms with Crippen molar-refractivity contribution in [1.82, 2.24) is 10.2 Å². The Hall–Kier alpha value is -1.83. The Labute approximate surface area is 75.5 Å². The molecule has 0 aliphatic carbocycles. The van der Waals surface area contributed by atoms with Crippen LogP contribution in [0.15, 0.2) is 0 Å². The predicted octanol–water partition coefficient (Wildman–Crippen LogP) is 0.556. The summed E-state index contributed by atoms with van der Waals surface area (Å²) in [6, 6.07) is 1.91. The lowest BCUT2D eigenvalue weighted by Gasteiger charge is -2.03. The van der Waals surface area contributed by atoms with Crippen molar-refractivity contribution in [2.24, 2.45) is 0 Å². The van der Waals surface area contributed by atoms with E-state index in [1.807, 2.05) is 6.07 Å². The molecule has 3 N–H and O–H groups in total. The monoisotopic (exact) mass is 178 g/mol. The van der Waals surface area contributed by atoms with Gasteiger partial charge in [-0.15, -0.1) is 0 Å². The van der Waals surface area contributed by atoms with Gasteiger partial charge in [-0.05, 0) is 13.8 Å². The van der Waals surface area contributed by atoms with Crippen molar-refractivity contribution in [2.75, 3.05) is 5.73 Å². The van der Waals surface area contributed by atoms with E-state index in [0.29, 0.717) is 5.69 Å². The van der Waals surface area contributed by atoms with Gasteiger partial charge < -0.3 is 5.73 Å². The van der Waals surface area contributed by atoms with Gasteiger partial charge in [-0.1, -0.05) is 0 Å². The number of hydrogen-bond acceptors (Lipinski definition) is 4. The van der Waals surface area contributed by atoms with Crippen molar-refractivity contribution in [2.45, 2.75) is 19.8 Å². The van der Waals surface area contributed by atoms with Crippen LogP contribution >= 0.6 is 0 Å². The number of nitriles is 1. The Bertz CT molecular complexity index is 374. The molecule has 5 nitrogen and oxygen atoms in total. The van der Waals surface area contributed by atoms with Crippen LogP contribution in [0.3, 0.4) is 0 Å². The summed E-state index contributed by atoms with van der Waals surface area (Å²) in [7, 11) is 0. The Kier molecular flexibility index (Phi) is 2.33. The van der Waals surface area contributed by atoms with E-state index in [0.717, 1.165) is 0 Å². The highest BCUT2D eigenvalue weighted by Gasteiger charge is 2.19. The van der Waals surface area contributed by atoms with Gasteiger partial charge in [-0.2, -0.15) is 10.4 Å². The van der Waals surface area contributed by atoms with E-state index in [-0.39, 0.29) is 23.1 Å². The molecule has 1 rings (SSSR count). The lowest BCUT2D eigenvalue weighted by Crippen LogP contribution is -2.06. The normalized spacial score (nSPS) is 12.1. The second kappa shape index (κ2) is 3.27. The molecule has 0 radical (unpaired) electrons. The number of aromatic nitrogens is 2. The number of hydrogen-bond donors (Lipinski definition) is 2. The molecular weight excluding hydrogens is 168 g/mol. The molecule has 1 heterocycles. The van der Waals surface area contributed by atoms with Crippen LogP contribution in [0.2, 0.25) is 0 Å². The molecule has 0 saturated heterocycles. The third-order valence-corrected chi connectivity index (χ3v) is 1.98. The van der Waals surface area contributed by atoms with Crippen LogP contribution in [0, 0.1) is 11.3 Å². The quantitative estimate of drug-likeness (QED) is 0.691. The first-order valence-electron chi connectivity index (χ1n) is 3.82. The lowest BCUT2D eigenvalue weighted by atomic mass is 10.0. The van der Waals surface area contributed by atoms with Gasteiger partial charge >= 0.3 is 0 Å². The number of aromatic amines is 1. The van der Waals surface area contributed by atoms with E-state index >= 15 is 0 Å². The van der Waals surface area contributed by atoms with E-state index in [1.165, 1.54) is 6.92 Å². The van der Waals surface area contributed by atoms with Crippen molar-refractivity contribution in [3.05, 3.63) is 11.3 Å². The first kappa shape index (κ1) is 9.26. The third kappa shape index (κ3) is 1.51. The number of nitrogen functional groups attached to an aromatic ring is 1. The van der Waals surface area contributed by atoms with Crippen LogP contribution in [0.1, 0.15) is 31.0 Å². The average molecular weight is 178 g/mol. The molecule has 1 aromatic rings. The summed E-state index contributed by atoms with van der Waals surface area (Å²) in [6.45, 7) is 3.17. The van der Waals surface area contributed by atoms with E-state index < -0.39 is 0 Å². The van der Waals surface area contributed by atoms with Gasteiger partial charge in [-0.25, -0.2) is 0 Å². The number of carbonyl (C=O) groups excluding carboxylic acids is 1. The van der Waals surface area contributed by atoms with Gasteiger partial charge in [0, 0.05) is 0 Å². The lowest BCUT2D eigenvalue weighted by molar-refractivity contribution is -0.118. The predicted molar refractivity (Wildman–Crippen MR) is 46.8 cm³/mol. The highest BCUT2D eigenvalue weighted by Crippen LogP contribution is 2.21. The van der Waals surface area contributed by atoms with Gasteiger partial charge in [0.1, 0.15) is 17.4 Å². The summed E-state index contributed by atoms with van der Waals surface area (Å²) < 4.78 is 0. The number of nitrogens with two attached hydrogens (primary N) is 1. The Morgan fingerprint density at radius 1 is 1.77 bits per heavy atom. The summed E-state index contributed by atoms with van der Waals surface area (Å²) >= 11 is 0. The zero-order valence-corrected chi connectivity index (χ0v) is 7.46. The molecule has 5 heteroatoms. The zero-order chi connectivity index (χ0) is 10.0. The number of rotatable bonds is 2. The molecule has 0 bridgehead atoms. The fourth-order valence-electron chi connectivity index (χ4n) is 1.00. The van der Waals surface area contributed by atoms with Crippen LogP contribution in [0.25, 0.3) is 0 Å². The molecule has 0 aliphatic rings. The number of carbonyl (C=O) groups is 1. The van der Waals surface area contributed by atoms with E-state index in [2.05, 4.69) is 10.2 Å². The van der Waals surface area contributed by atoms with E-state index in [4.69, 9.17) is 11.0 Å². The largest absolute Gasteiger partial charge is 0.381 e. The molecule has 68 valence electrons. The van der Waals surface area contributed by atoms with Gasteiger partial charge in [0.25, 0.3) is 0 Å². The van der Waals surface area contributed by atoms with E-state index in [1.54, 1.807) is 6.92 Å². The summed E-state index contributed by atoms with van der Waals surface area (Å²) in [6.07, 6.45) is 0. The molecule has 1 unspecified atom stereocenters. The number of H-pyrrole nitrogens is 1. The molecule has 1 aromatic heterocycles. The minimum absolute atomic E-state index is 0.0276. The first-order valence-corrected chi connectivity index (χ1v) is 3.82. The van der Waals surface area contributed by atoms with Crippen molar-refractivity contribution in [1.29, 1.82) is 5.26 Å². The SMILES string of the molecule is CC(=O)C(C)c1[nH]nc(N)c1C#N. The van der Waals surface area contributed by atoms with Crippen molar-refractivity contribution in [3.8, 4) is 6.07 Å². The topological polar surface area (TPSA) is 95.6 Å². The number of nitrogens with zero attached hydrogens (tertiary/aromatic N) is 2. The van der Waals surface area contributed by atoms with Crippen LogP contribution in [0.4, 0.5) is 5.82 Å². The minimum Gasteiger partial charge on any atom is -0.381 e. The summed E-state index contributed by atoms with van der Waals surface area (Å²) in [4.78, 5) is 11.0. The number of anilines is 1. The van der Waals surface area contributed by atoms with Crippen molar-refractivity contribution in [3.63, 3.8) is 0 Å². The average Bonchev–Trinajstić information content (AvgIpc) is 2.45. The second-order valence-electron chi connectivity index (χ2n) is 2.84. The van der Waals surface area contributed by atoms with E-state index in [9.17, 15) is 4.79 Å². The maximum atomic E-state index is 11.0. The fourth-order valence-corrected chi connectivity index (χ4v) is 1.00. The fraction of sp³-hybridized carbons (Fsp3) is 0.375. The van der Waals surface area contributed by atoms with Crippen LogP contribution in [-0.4, -0.2) is 16.0 Å². The molecule has 13 heavy (non-hydrogen) atoms. The summed E-state index contributed by atoms with van der Waals surface area (Å²) in [5.41, 5.74) is 6.17. The maximum absolute atomic E-state index is 11.0. The molecular formula is C8H10N4O. The molecule has 0 aromatic carbocycles. The van der Waals surface area contributed by atoms with Crippen molar-refractivity contribution >= 4 is 11.6 Å².